The van der Waals surface area contributed by atoms with Crippen LogP contribution in [-0.2, 0) is 22.4 Å². The molecular formula is C7H6AgN4O. The molecule has 0 aliphatic rings. The van der Waals surface area contributed by atoms with Crippen molar-refractivity contribution in [3.63, 3.8) is 0 Å². The van der Waals surface area contributed by atoms with Crippen LogP contribution in [-0.4, -0.2) is 21.3 Å². The first kappa shape index (κ1) is 9.91. The molecule has 0 saturated heterocycles. The van der Waals surface area contributed by atoms with E-state index in [1.165, 1.54) is 0 Å². The van der Waals surface area contributed by atoms with Crippen molar-refractivity contribution in [1.82, 2.24) is 15.4 Å². The second-order valence-electron chi connectivity index (χ2n) is 2.39. The molecular weight excluding hydrogens is 264 g/mol. The number of nitrogens with zero attached hydrogens (tertiary/aromatic N) is 2. The summed E-state index contributed by atoms with van der Waals surface area (Å²) in [6.07, 6.45) is 0. The van der Waals surface area contributed by atoms with Gasteiger partial charge in [0.25, 0.3) is 0 Å². The normalized spacial score (nSPS) is 9.54. The second-order valence-corrected chi connectivity index (χ2v) is 2.39. The average molecular weight is 270 g/mol. The van der Waals surface area contributed by atoms with Crippen LogP contribution in [0.1, 0.15) is 10.4 Å². The molecule has 3 N–H and O–H groups in total. The minimum absolute atomic E-state index is 0. The molecule has 1 amide bonds. The molecule has 0 atom stereocenters. The summed E-state index contributed by atoms with van der Waals surface area (Å²) in [5, 5.41) is 10.1. The van der Waals surface area contributed by atoms with Crippen LogP contribution in [0.3, 0.4) is 0 Å². The molecule has 1 aromatic heterocycles. The van der Waals surface area contributed by atoms with Gasteiger partial charge in [-0.25, -0.2) is 0 Å². The fraction of sp³-hybridized carbons (Fsp3) is 0. The number of hydrogen-bond acceptors (Lipinski definition) is 3. The predicted octanol–water partition coefficient (Wildman–Crippen LogP) is 0.0543. The van der Waals surface area contributed by atoms with Crippen LogP contribution in [0, 0.1) is 0 Å². The number of hydrogen-bond donors (Lipinski definition) is 2. The molecule has 0 aliphatic carbocycles. The molecule has 13 heavy (non-hydrogen) atoms. The Labute approximate surface area is 89.2 Å². The van der Waals surface area contributed by atoms with E-state index in [1.54, 1.807) is 18.2 Å². The fourth-order valence-corrected chi connectivity index (χ4v) is 0.994. The number of nitrogens with one attached hydrogen (secondary N) is 1. The summed E-state index contributed by atoms with van der Waals surface area (Å²) in [7, 11) is 0. The smallest absolute Gasteiger partial charge is 0.248 e. The van der Waals surface area contributed by atoms with E-state index in [4.69, 9.17) is 5.73 Å². The van der Waals surface area contributed by atoms with Gasteiger partial charge in [0.2, 0.25) is 5.91 Å². The summed E-state index contributed by atoms with van der Waals surface area (Å²) in [4.78, 5) is 10.7. The Morgan fingerprint density at radius 3 is 2.69 bits per heavy atom. The third kappa shape index (κ3) is 1.77. The molecule has 0 fully saturated rings. The van der Waals surface area contributed by atoms with Crippen LogP contribution in [0.4, 0.5) is 0 Å². The maximum Gasteiger partial charge on any atom is 0.248 e. The molecule has 71 valence electrons. The number of nitrogens with two attached hydrogens (primary N) is 1. The van der Waals surface area contributed by atoms with Gasteiger partial charge in [0.15, 0.2) is 0 Å². The van der Waals surface area contributed by atoms with Crippen molar-refractivity contribution in [2.24, 2.45) is 5.73 Å². The number of carbonyl (C=O) groups is 1. The summed E-state index contributed by atoms with van der Waals surface area (Å²) in [6.45, 7) is 0. The molecule has 0 saturated carbocycles. The molecule has 1 aromatic carbocycles. The van der Waals surface area contributed by atoms with Gasteiger partial charge in [0, 0.05) is 27.9 Å². The SMILES string of the molecule is NC(=O)c1ccc2n[nH]nc2c1.[Ag]. The topological polar surface area (TPSA) is 84.7 Å². The number of rotatable bonds is 1. The number of H-pyrrole nitrogens is 1. The van der Waals surface area contributed by atoms with Crippen LogP contribution in [0.2, 0.25) is 0 Å². The zero-order valence-electron chi connectivity index (χ0n) is 6.41. The fourth-order valence-electron chi connectivity index (χ4n) is 0.994. The quantitative estimate of drug-likeness (QED) is 0.718. The third-order valence-corrected chi connectivity index (χ3v) is 1.60. The van der Waals surface area contributed by atoms with Crippen LogP contribution in [0.25, 0.3) is 11.0 Å². The van der Waals surface area contributed by atoms with Gasteiger partial charge in [0.05, 0.1) is 0 Å². The molecule has 6 heteroatoms. The minimum atomic E-state index is -0.458. The largest absolute Gasteiger partial charge is 0.366 e. The van der Waals surface area contributed by atoms with Gasteiger partial charge >= 0.3 is 0 Å². The first-order valence-corrected chi connectivity index (χ1v) is 3.38. The van der Waals surface area contributed by atoms with E-state index in [2.05, 4.69) is 15.4 Å². The summed E-state index contributed by atoms with van der Waals surface area (Å²) >= 11 is 0. The van der Waals surface area contributed by atoms with Crippen LogP contribution in [0.15, 0.2) is 18.2 Å². The van der Waals surface area contributed by atoms with Gasteiger partial charge in [0.1, 0.15) is 11.0 Å². The van der Waals surface area contributed by atoms with Crippen LogP contribution < -0.4 is 5.73 Å². The summed E-state index contributed by atoms with van der Waals surface area (Å²) < 4.78 is 0. The Balaban J connectivity index is 0.000000845. The zero-order chi connectivity index (χ0) is 8.55. The number of primary amides is 1. The number of carbonyl (C=O) groups excluding carboxylic acids is 1. The number of aromatic nitrogens is 3. The number of aromatic amines is 1. The van der Waals surface area contributed by atoms with E-state index in [0.717, 1.165) is 5.52 Å². The van der Waals surface area contributed by atoms with Gasteiger partial charge in [-0.05, 0) is 18.2 Å². The Bertz CT molecular complexity index is 439. The van der Waals surface area contributed by atoms with Gasteiger partial charge < -0.3 is 5.73 Å². The van der Waals surface area contributed by atoms with Crippen molar-refractivity contribution in [3.05, 3.63) is 23.8 Å². The van der Waals surface area contributed by atoms with E-state index < -0.39 is 5.91 Å². The maximum atomic E-state index is 10.7. The molecule has 0 unspecified atom stereocenters. The zero-order valence-corrected chi connectivity index (χ0v) is 7.90. The molecule has 1 heterocycles. The van der Waals surface area contributed by atoms with E-state index >= 15 is 0 Å². The van der Waals surface area contributed by atoms with Gasteiger partial charge in [-0.2, -0.15) is 15.4 Å². The minimum Gasteiger partial charge on any atom is -0.366 e. The standard InChI is InChI=1S/C7H6N4O.Ag/c8-7(12)4-1-2-5-6(3-4)10-11-9-5;/h1-3H,(H2,8,12)(H,9,10,11);. The van der Waals surface area contributed by atoms with Crippen molar-refractivity contribution < 1.29 is 27.2 Å². The second kappa shape index (κ2) is 3.69. The third-order valence-electron chi connectivity index (χ3n) is 1.60. The Hall–Kier alpha value is -1.17. The van der Waals surface area contributed by atoms with Crippen molar-refractivity contribution in [1.29, 1.82) is 0 Å². The maximum absolute atomic E-state index is 10.7. The number of fused-ring (bicyclic) bond motifs is 1. The Kier molecular flexibility index (Phi) is 2.82. The van der Waals surface area contributed by atoms with Gasteiger partial charge in [-0.1, -0.05) is 0 Å². The van der Waals surface area contributed by atoms with Crippen molar-refractivity contribution in [2.45, 2.75) is 0 Å². The van der Waals surface area contributed by atoms with Crippen LogP contribution in [0.5, 0.6) is 0 Å². The van der Waals surface area contributed by atoms with E-state index in [1.807, 2.05) is 0 Å². The molecule has 0 bridgehead atoms. The van der Waals surface area contributed by atoms with E-state index in [0.29, 0.717) is 11.1 Å². The summed E-state index contributed by atoms with van der Waals surface area (Å²) in [5.74, 6) is -0.458. The molecule has 0 spiro atoms. The first-order valence-electron chi connectivity index (χ1n) is 3.38. The van der Waals surface area contributed by atoms with Crippen LogP contribution >= 0.6 is 0 Å². The molecule has 1 radical (unpaired) electrons. The van der Waals surface area contributed by atoms with Crippen molar-refractivity contribution in [2.75, 3.05) is 0 Å². The molecule has 2 rings (SSSR count). The average Bonchev–Trinajstić information content (AvgIpc) is 2.49. The number of benzene rings is 1. The van der Waals surface area contributed by atoms with E-state index in [-0.39, 0.29) is 22.4 Å². The molecule has 0 aliphatic heterocycles. The Morgan fingerprint density at radius 1 is 1.31 bits per heavy atom. The molecule has 2 aromatic rings. The Morgan fingerprint density at radius 2 is 2.00 bits per heavy atom. The monoisotopic (exact) mass is 269 g/mol. The number of amides is 1. The molecule has 5 nitrogen and oxygen atoms in total. The predicted molar refractivity (Wildman–Crippen MR) is 42.4 cm³/mol. The van der Waals surface area contributed by atoms with Crippen molar-refractivity contribution in [3.8, 4) is 0 Å². The first-order chi connectivity index (χ1) is 5.77. The van der Waals surface area contributed by atoms with Gasteiger partial charge in [-0.15, -0.1) is 0 Å². The summed E-state index contributed by atoms with van der Waals surface area (Å²) in [5.41, 5.74) is 6.88. The van der Waals surface area contributed by atoms with Crippen molar-refractivity contribution >= 4 is 16.9 Å². The van der Waals surface area contributed by atoms with Gasteiger partial charge in [-0.3, -0.25) is 4.79 Å². The summed E-state index contributed by atoms with van der Waals surface area (Å²) in [6, 6.07) is 4.91. The van der Waals surface area contributed by atoms with E-state index in [9.17, 15) is 4.79 Å².